The number of amides is 1. The van der Waals surface area contributed by atoms with Gasteiger partial charge in [0.1, 0.15) is 0 Å². The molecule has 16 nitrogen and oxygen atoms in total. The Kier molecular flexibility index (Phi) is 25.8. The van der Waals surface area contributed by atoms with E-state index in [4.69, 9.17) is 34.2 Å². The lowest BCUT2D eigenvalue weighted by atomic mass is 10.3. The molecule has 0 unspecified atom stereocenters. The first kappa shape index (κ1) is 41.1. The second-order valence-corrected chi connectivity index (χ2v) is 9.28. The van der Waals surface area contributed by atoms with E-state index in [-0.39, 0.29) is 104 Å². The minimum Gasteiger partial charge on any atom is -0.465 e. The smallest absolute Gasteiger partial charge is 0.320 e. The molecule has 0 aliphatic rings. The third-order valence-corrected chi connectivity index (χ3v) is 5.67. The van der Waals surface area contributed by atoms with Gasteiger partial charge in [-0.25, -0.2) is 0 Å². The lowest BCUT2D eigenvalue weighted by Gasteiger charge is -2.28. The van der Waals surface area contributed by atoms with E-state index in [0.29, 0.717) is 26.4 Å². The largest absolute Gasteiger partial charge is 0.465 e. The average molecular weight is 636 g/mol. The third kappa shape index (κ3) is 23.6. The van der Waals surface area contributed by atoms with Gasteiger partial charge in [0, 0.05) is 39.3 Å². The summed E-state index contributed by atoms with van der Waals surface area (Å²) >= 11 is 0. The number of nitrogens with one attached hydrogen (secondary N) is 1. The molecule has 0 aromatic carbocycles. The van der Waals surface area contributed by atoms with E-state index in [0.717, 1.165) is 0 Å². The van der Waals surface area contributed by atoms with Crippen molar-refractivity contribution in [2.75, 3.05) is 125 Å². The molecule has 0 aromatic heterocycles. The molecule has 0 atom stereocenters. The van der Waals surface area contributed by atoms with Crippen LogP contribution in [0.15, 0.2) is 0 Å². The maximum absolute atomic E-state index is 12.6. The monoisotopic (exact) mass is 635 g/mol. The Morgan fingerprint density at radius 2 is 0.886 bits per heavy atom. The van der Waals surface area contributed by atoms with Gasteiger partial charge in [0.25, 0.3) is 0 Å². The van der Waals surface area contributed by atoms with Gasteiger partial charge in [-0.2, -0.15) is 0 Å². The van der Waals surface area contributed by atoms with Crippen molar-refractivity contribution < 1.29 is 52.4 Å². The van der Waals surface area contributed by atoms with Crippen LogP contribution in [-0.2, 0) is 52.4 Å². The van der Waals surface area contributed by atoms with E-state index in [1.807, 2.05) is 0 Å². The van der Waals surface area contributed by atoms with Crippen LogP contribution in [0.5, 0.6) is 0 Å². The van der Waals surface area contributed by atoms with Crippen LogP contribution in [0.3, 0.4) is 0 Å². The molecule has 0 spiro atoms. The highest BCUT2D eigenvalue weighted by Crippen LogP contribution is 2.00. The summed E-state index contributed by atoms with van der Waals surface area (Å²) in [5.74, 6) is -2.26. The topological polar surface area (TPSA) is 188 Å². The summed E-state index contributed by atoms with van der Waals surface area (Å²) in [6.45, 7) is 10.2. The zero-order valence-corrected chi connectivity index (χ0v) is 26.8. The first-order valence-corrected chi connectivity index (χ1v) is 15.1. The van der Waals surface area contributed by atoms with Gasteiger partial charge in [0.2, 0.25) is 5.91 Å². The maximum atomic E-state index is 12.6. The van der Waals surface area contributed by atoms with Crippen molar-refractivity contribution in [3.05, 3.63) is 0 Å². The highest BCUT2D eigenvalue weighted by atomic mass is 16.5. The lowest BCUT2D eigenvalue weighted by Crippen LogP contribution is -2.47. The molecule has 0 aliphatic heterocycles. The maximum Gasteiger partial charge on any atom is 0.320 e. The van der Waals surface area contributed by atoms with Crippen LogP contribution in [0.25, 0.3) is 0 Å². The third-order valence-electron chi connectivity index (χ3n) is 5.67. The zero-order chi connectivity index (χ0) is 33.0. The zero-order valence-electron chi connectivity index (χ0n) is 26.8. The fourth-order valence-corrected chi connectivity index (χ4v) is 3.75. The number of nitrogens with zero attached hydrogens (tertiary/aromatic N) is 3. The van der Waals surface area contributed by atoms with Crippen molar-refractivity contribution in [2.45, 2.75) is 27.7 Å². The van der Waals surface area contributed by atoms with Crippen LogP contribution >= 0.6 is 0 Å². The minimum absolute atomic E-state index is 0.0771. The Morgan fingerprint density at radius 3 is 1.30 bits per heavy atom. The van der Waals surface area contributed by atoms with Gasteiger partial charge >= 0.3 is 23.9 Å². The summed E-state index contributed by atoms with van der Waals surface area (Å²) in [4.78, 5) is 66.4. The molecule has 0 bridgehead atoms. The molecule has 1 amide bonds. The number of carbonyl (C=O) groups excluding carboxylic acids is 5. The fraction of sp³-hybridized carbons (Fsp3) is 0.821. The Bertz CT molecular complexity index is 799. The standard InChI is InChI=1S/C28H53N5O11/c1-5-41-25(35)20-31(12-14-33(22-27(37)43-7-3)23-28(38)44-8-4)11-13-32(21-26(36)42-6-2)19-24(34)30-10-16-40-18-17-39-15-9-29/h5-23,29H2,1-4H3,(H,30,34). The molecule has 0 heterocycles. The lowest BCUT2D eigenvalue weighted by molar-refractivity contribution is -0.149. The van der Waals surface area contributed by atoms with E-state index in [2.05, 4.69) is 5.32 Å². The van der Waals surface area contributed by atoms with Gasteiger partial charge in [0.15, 0.2) is 0 Å². The van der Waals surface area contributed by atoms with Crippen molar-refractivity contribution in [1.82, 2.24) is 20.0 Å². The van der Waals surface area contributed by atoms with Crippen molar-refractivity contribution in [2.24, 2.45) is 5.73 Å². The molecule has 44 heavy (non-hydrogen) atoms. The molecule has 0 aliphatic carbocycles. The van der Waals surface area contributed by atoms with Gasteiger partial charge in [-0.05, 0) is 27.7 Å². The first-order valence-electron chi connectivity index (χ1n) is 15.1. The van der Waals surface area contributed by atoms with E-state index in [1.165, 1.54) is 0 Å². The van der Waals surface area contributed by atoms with Gasteiger partial charge < -0.3 is 39.5 Å². The predicted octanol–water partition coefficient (Wildman–Crippen LogP) is -1.75. The molecule has 0 fully saturated rings. The summed E-state index contributed by atoms with van der Waals surface area (Å²) in [5, 5.41) is 2.75. The number of ether oxygens (including phenoxy) is 6. The molecule has 0 saturated heterocycles. The van der Waals surface area contributed by atoms with Crippen molar-refractivity contribution >= 4 is 29.8 Å². The molecule has 3 N–H and O–H groups in total. The van der Waals surface area contributed by atoms with E-state index in [9.17, 15) is 24.0 Å². The molecule has 16 heteroatoms. The molecule has 0 rings (SSSR count). The summed E-state index contributed by atoms with van der Waals surface area (Å²) in [6.07, 6.45) is 0. The Balaban J connectivity index is 5.30. The van der Waals surface area contributed by atoms with Gasteiger partial charge in [-0.3, -0.25) is 38.7 Å². The summed E-state index contributed by atoms with van der Waals surface area (Å²) in [5.41, 5.74) is 5.36. The number of carbonyl (C=O) groups is 5. The predicted molar refractivity (Wildman–Crippen MR) is 160 cm³/mol. The average Bonchev–Trinajstić information content (AvgIpc) is 2.96. The number of esters is 4. The van der Waals surface area contributed by atoms with Crippen LogP contribution in [0.4, 0.5) is 0 Å². The Hall–Kier alpha value is -2.89. The number of nitrogens with two attached hydrogens (primary N) is 1. The Morgan fingerprint density at radius 1 is 0.523 bits per heavy atom. The van der Waals surface area contributed by atoms with Gasteiger partial charge in [-0.1, -0.05) is 0 Å². The van der Waals surface area contributed by atoms with Crippen LogP contribution in [0, 0.1) is 0 Å². The minimum atomic E-state index is -0.495. The first-order chi connectivity index (χ1) is 21.2. The quantitative estimate of drug-likeness (QED) is 0.0559. The fourth-order valence-electron chi connectivity index (χ4n) is 3.75. The highest BCUT2D eigenvalue weighted by Gasteiger charge is 2.21. The normalized spacial score (nSPS) is 11.1. The number of rotatable bonds is 28. The Labute approximate surface area is 260 Å². The molecule has 256 valence electrons. The van der Waals surface area contributed by atoms with E-state index in [1.54, 1.807) is 42.4 Å². The molecular formula is C28H53N5O11. The summed E-state index contributed by atoms with van der Waals surface area (Å²) in [7, 11) is 0. The SMILES string of the molecule is CCOC(=O)CN(CCN(CC(=O)NCCOCCOCCN)CC(=O)OCC)CCN(CC(=O)OCC)CC(=O)OCC. The van der Waals surface area contributed by atoms with Crippen molar-refractivity contribution in [3.63, 3.8) is 0 Å². The second-order valence-electron chi connectivity index (χ2n) is 9.28. The molecule has 0 aromatic rings. The summed E-state index contributed by atoms with van der Waals surface area (Å²) in [6, 6.07) is 0. The van der Waals surface area contributed by atoms with Crippen LogP contribution in [0.1, 0.15) is 27.7 Å². The van der Waals surface area contributed by atoms with Crippen LogP contribution < -0.4 is 11.1 Å². The molecule has 0 saturated carbocycles. The second kappa shape index (κ2) is 27.6. The molecule has 0 radical (unpaired) electrons. The number of hydrogen-bond donors (Lipinski definition) is 2. The van der Waals surface area contributed by atoms with Gasteiger partial charge in [-0.15, -0.1) is 0 Å². The molecular weight excluding hydrogens is 582 g/mol. The van der Waals surface area contributed by atoms with Gasteiger partial charge in [0.05, 0.1) is 85.6 Å². The number of hydrogen-bond acceptors (Lipinski definition) is 15. The van der Waals surface area contributed by atoms with Crippen molar-refractivity contribution in [3.8, 4) is 0 Å². The van der Waals surface area contributed by atoms with Crippen molar-refractivity contribution in [1.29, 1.82) is 0 Å². The summed E-state index contributed by atoms with van der Waals surface area (Å²) < 4.78 is 30.9. The van der Waals surface area contributed by atoms with E-state index >= 15 is 0 Å². The van der Waals surface area contributed by atoms with E-state index < -0.39 is 23.9 Å². The highest BCUT2D eigenvalue weighted by molar-refractivity contribution is 5.79. The van der Waals surface area contributed by atoms with Crippen LogP contribution in [0.2, 0.25) is 0 Å². The van der Waals surface area contributed by atoms with Crippen LogP contribution in [-0.4, -0.2) is 169 Å².